The Hall–Kier alpha value is -2.85. The zero-order valence-electron chi connectivity index (χ0n) is 27.4. The van der Waals surface area contributed by atoms with Crippen LogP contribution in [-0.2, 0) is 23.1 Å². The molecule has 0 spiro atoms. The van der Waals surface area contributed by atoms with E-state index in [0.29, 0.717) is 19.3 Å². The van der Waals surface area contributed by atoms with Crippen LogP contribution >= 0.6 is 0 Å². The van der Waals surface area contributed by atoms with Gasteiger partial charge in [0.1, 0.15) is 5.75 Å². The number of carbonyl (C=O) groups is 1. The number of aromatic hydroxyl groups is 1. The van der Waals surface area contributed by atoms with Crippen LogP contribution in [0, 0.1) is 10.8 Å². The number of aliphatic hydroxyl groups is 1. The first kappa shape index (κ1) is 34.4. The molecule has 2 unspecified atom stereocenters. The predicted molar refractivity (Wildman–Crippen MR) is 172 cm³/mol. The maximum atomic E-state index is 12.3. The van der Waals surface area contributed by atoms with Crippen molar-refractivity contribution in [1.29, 1.82) is 0 Å². The van der Waals surface area contributed by atoms with E-state index < -0.39 is 17.5 Å². The molecular weight excluding hydrogens is 508 g/mol. The van der Waals surface area contributed by atoms with Crippen molar-refractivity contribution in [2.75, 3.05) is 0 Å². The lowest BCUT2D eigenvalue weighted by atomic mass is 9.65. The molecule has 0 heterocycles. The number of phenols is 1. The van der Waals surface area contributed by atoms with E-state index in [1.54, 1.807) is 0 Å². The molecule has 0 saturated carbocycles. The van der Waals surface area contributed by atoms with Crippen molar-refractivity contribution in [3.05, 3.63) is 88.0 Å². The number of aliphatic carboxylic acids is 1. The summed E-state index contributed by atoms with van der Waals surface area (Å²) in [5.74, 6) is -1.28. The summed E-state index contributed by atoms with van der Waals surface area (Å²) < 4.78 is 0. The average molecular weight is 563 g/mol. The molecule has 0 bridgehead atoms. The molecule has 4 nitrogen and oxygen atoms in total. The fraction of sp³-hybridized carbons (Fsp3) is 0.541. The number of hydrogen-bond acceptors (Lipinski definition) is 3. The monoisotopic (exact) mass is 562 g/mol. The van der Waals surface area contributed by atoms with E-state index in [1.807, 2.05) is 54.6 Å². The van der Waals surface area contributed by atoms with Crippen LogP contribution in [0.15, 0.2) is 65.8 Å². The minimum absolute atomic E-state index is 0.166. The lowest BCUT2D eigenvalue weighted by Gasteiger charge is -2.44. The Morgan fingerprint density at radius 2 is 1.49 bits per heavy atom. The van der Waals surface area contributed by atoms with Gasteiger partial charge in [0.05, 0.1) is 11.5 Å². The molecule has 226 valence electrons. The molecule has 41 heavy (non-hydrogen) atoms. The molecule has 3 N–H and O–H groups in total. The predicted octanol–water partition coefficient (Wildman–Crippen LogP) is 9.14. The highest BCUT2D eigenvalue weighted by atomic mass is 16.4. The fourth-order valence-corrected chi connectivity index (χ4v) is 5.27. The summed E-state index contributed by atoms with van der Waals surface area (Å²) in [7, 11) is 0. The molecular formula is C37H54O4. The topological polar surface area (TPSA) is 77.8 Å². The second-order valence-corrected chi connectivity index (χ2v) is 14.7. The van der Waals surface area contributed by atoms with Gasteiger partial charge in [0, 0.05) is 12.8 Å². The molecule has 0 aliphatic heterocycles. The normalized spacial score (nSPS) is 18.5. The van der Waals surface area contributed by atoms with Gasteiger partial charge < -0.3 is 15.3 Å². The van der Waals surface area contributed by atoms with Gasteiger partial charge in [-0.15, -0.1) is 0 Å². The first-order valence-corrected chi connectivity index (χ1v) is 15.0. The number of hydrogen-bond donors (Lipinski definition) is 3. The summed E-state index contributed by atoms with van der Waals surface area (Å²) in [6.07, 6.45) is 6.57. The first-order valence-electron chi connectivity index (χ1n) is 15.0. The van der Waals surface area contributed by atoms with E-state index in [2.05, 4.69) is 76.2 Å². The third kappa shape index (κ3) is 8.58. The van der Waals surface area contributed by atoms with Crippen LogP contribution < -0.4 is 0 Å². The second-order valence-electron chi connectivity index (χ2n) is 14.7. The van der Waals surface area contributed by atoms with E-state index in [0.717, 1.165) is 27.8 Å². The Morgan fingerprint density at radius 3 is 1.95 bits per heavy atom. The van der Waals surface area contributed by atoms with E-state index in [4.69, 9.17) is 0 Å². The van der Waals surface area contributed by atoms with Crippen molar-refractivity contribution in [2.45, 2.75) is 119 Å². The highest BCUT2D eigenvalue weighted by Crippen LogP contribution is 2.47. The summed E-state index contributed by atoms with van der Waals surface area (Å²) in [5.41, 5.74) is 3.75. The van der Waals surface area contributed by atoms with Gasteiger partial charge in [-0.25, -0.2) is 0 Å². The summed E-state index contributed by atoms with van der Waals surface area (Å²) >= 11 is 0. The molecule has 0 aromatic heterocycles. The zero-order chi connectivity index (χ0) is 31.4. The van der Waals surface area contributed by atoms with Crippen LogP contribution in [0.1, 0.15) is 117 Å². The van der Waals surface area contributed by atoms with Gasteiger partial charge >= 0.3 is 5.97 Å². The lowest BCUT2D eigenvalue weighted by molar-refractivity contribution is -0.138. The smallest absolute Gasteiger partial charge is 0.311 e. The number of benzene rings is 2. The van der Waals surface area contributed by atoms with Crippen molar-refractivity contribution < 1.29 is 20.1 Å². The number of allylic oxidation sites excluding steroid dienone is 2. The first-order chi connectivity index (χ1) is 18.7. The second kappa shape index (κ2) is 13.0. The maximum Gasteiger partial charge on any atom is 0.311 e. The molecule has 0 amide bonds. The SMILES string of the molecule is CC(C)(C)C1=C(Cc2cc(CC(C(=O)O)c3ccccc3)cc(C(C)(C)C)c2O)C=CC(O)(C(C)(C)C)C1.CCC. The molecule has 1 aliphatic carbocycles. The zero-order valence-corrected chi connectivity index (χ0v) is 27.4. The third-order valence-electron chi connectivity index (χ3n) is 7.98. The van der Waals surface area contributed by atoms with E-state index >= 15 is 0 Å². The molecule has 3 rings (SSSR count). The van der Waals surface area contributed by atoms with Gasteiger partial charge in [0.2, 0.25) is 0 Å². The molecule has 0 radical (unpaired) electrons. The van der Waals surface area contributed by atoms with E-state index in [-0.39, 0.29) is 22.0 Å². The van der Waals surface area contributed by atoms with Gasteiger partial charge in [-0.3, -0.25) is 4.79 Å². The average Bonchev–Trinajstić information content (AvgIpc) is 2.84. The molecule has 4 heteroatoms. The molecule has 1 aliphatic rings. The molecule has 2 atom stereocenters. The van der Waals surface area contributed by atoms with Gasteiger partial charge in [-0.2, -0.15) is 0 Å². The highest BCUT2D eigenvalue weighted by Gasteiger charge is 2.42. The molecule has 0 saturated heterocycles. The molecule has 2 aromatic rings. The Labute approximate surface area is 249 Å². The Bertz CT molecular complexity index is 1250. The van der Waals surface area contributed by atoms with Gasteiger partial charge in [0.25, 0.3) is 0 Å². The van der Waals surface area contributed by atoms with Crippen molar-refractivity contribution in [1.82, 2.24) is 0 Å². The van der Waals surface area contributed by atoms with Gasteiger partial charge in [0.15, 0.2) is 0 Å². The Morgan fingerprint density at radius 1 is 0.927 bits per heavy atom. The fourth-order valence-electron chi connectivity index (χ4n) is 5.27. The van der Waals surface area contributed by atoms with Crippen LogP contribution in [0.4, 0.5) is 0 Å². The highest BCUT2D eigenvalue weighted by molar-refractivity contribution is 5.76. The minimum atomic E-state index is -0.954. The van der Waals surface area contributed by atoms with E-state index in [1.165, 1.54) is 12.0 Å². The van der Waals surface area contributed by atoms with Crippen LogP contribution in [0.25, 0.3) is 0 Å². The summed E-state index contributed by atoms with van der Waals surface area (Å²) in [6, 6.07) is 13.3. The minimum Gasteiger partial charge on any atom is -0.507 e. The maximum absolute atomic E-state index is 12.3. The number of phenolic OH excluding ortho intramolecular Hbond substituents is 1. The van der Waals surface area contributed by atoms with Crippen LogP contribution in [0.5, 0.6) is 5.75 Å². The summed E-state index contributed by atoms with van der Waals surface area (Å²) in [5, 5.41) is 33.0. The summed E-state index contributed by atoms with van der Waals surface area (Å²) in [6.45, 7) is 23.1. The molecule has 0 fully saturated rings. The number of carboxylic acid groups (broad SMARTS) is 1. The Balaban J connectivity index is 0.00000187. The van der Waals surface area contributed by atoms with Crippen molar-refractivity contribution >= 4 is 5.97 Å². The van der Waals surface area contributed by atoms with E-state index in [9.17, 15) is 20.1 Å². The quantitative estimate of drug-likeness (QED) is 0.328. The lowest BCUT2D eigenvalue weighted by Crippen LogP contribution is -2.44. The van der Waals surface area contributed by atoms with Gasteiger partial charge in [-0.05, 0) is 50.5 Å². The van der Waals surface area contributed by atoms with Crippen LogP contribution in [0.2, 0.25) is 0 Å². The van der Waals surface area contributed by atoms with Crippen molar-refractivity contribution in [2.24, 2.45) is 10.8 Å². The standard InChI is InChI=1S/C34H46O4.C3H8/c1-31(2,3)27-19-22(18-26(30(36)37)23-13-11-10-12-14-23)17-25(29(27)35)20-24-15-16-34(38,33(7,8)9)21-28(24)32(4,5)6;1-3-2/h10-17,19,26,35,38H,18,20-21H2,1-9H3,(H,36,37);3H2,1-2H3. The van der Waals surface area contributed by atoms with Crippen molar-refractivity contribution in [3.63, 3.8) is 0 Å². The Kier molecular flexibility index (Phi) is 10.9. The van der Waals surface area contributed by atoms with Gasteiger partial charge in [-0.1, -0.05) is 143 Å². The summed E-state index contributed by atoms with van der Waals surface area (Å²) in [4.78, 5) is 12.3. The number of rotatable bonds is 6. The van der Waals surface area contributed by atoms with Crippen LogP contribution in [-0.4, -0.2) is 26.9 Å². The largest absolute Gasteiger partial charge is 0.507 e. The third-order valence-corrected chi connectivity index (χ3v) is 7.98. The van der Waals surface area contributed by atoms with Crippen molar-refractivity contribution in [3.8, 4) is 5.75 Å². The molecule has 2 aromatic carbocycles. The van der Waals surface area contributed by atoms with Crippen LogP contribution in [0.3, 0.4) is 0 Å². The number of carboxylic acids is 1.